The molecule has 2 heterocycles. The van der Waals surface area contributed by atoms with Crippen LogP contribution in [0.15, 0.2) is 53.2 Å². The summed E-state index contributed by atoms with van der Waals surface area (Å²) in [6.07, 6.45) is 2.37. The van der Waals surface area contributed by atoms with Crippen molar-refractivity contribution in [1.29, 1.82) is 0 Å². The van der Waals surface area contributed by atoms with Crippen LogP contribution in [-0.2, 0) is 23.2 Å². The number of aryl methyl sites for hydroxylation is 1. The van der Waals surface area contributed by atoms with Crippen LogP contribution < -0.4 is 15.8 Å². The highest BCUT2D eigenvalue weighted by atomic mass is 16.5. The average Bonchev–Trinajstić information content (AvgIpc) is 3.20. The Kier molecular flexibility index (Phi) is 6.69. The summed E-state index contributed by atoms with van der Waals surface area (Å²) in [6.45, 7) is 6.31. The first-order chi connectivity index (χ1) is 14.7. The third-order valence-corrected chi connectivity index (χ3v) is 4.54. The van der Waals surface area contributed by atoms with E-state index in [1.54, 1.807) is 18.2 Å². The molecule has 0 unspecified atom stereocenters. The Bertz CT molecular complexity index is 1070. The van der Waals surface area contributed by atoms with Gasteiger partial charge in [0.2, 0.25) is 5.91 Å². The summed E-state index contributed by atoms with van der Waals surface area (Å²) in [5.74, 6) is 1.07. The fraction of sp³-hybridized carbons (Fsp3) is 0.304. The Labute approximate surface area is 180 Å². The van der Waals surface area contributed by atoms with E-state index in [-0.39, 0.29) is 23.6 Å². The van der Waals surface area contributed by atoms with Gasteiger partial charge in [-0.1, -0.05) is 38.1 Å². The van der Waals surface area contributed by atoms with Crippen LogP contribution in [0.25, 0.3) is 0 Å². The van der Waals surface area contributed by atoms with Crippen molar-refractivity contribution >= 4 is 17.6 Å². The van der Waals surface area contributed by atoms with E-state index in [0.29, 0.717) is 30.2 Å². The molecule has 0 aliphatic heterocycles. The first-order valence-corrected chi connectivity index (χ1v) is 9.94. The Hall–Kier alpha value is -3.68. The van der Waals surface area contributed by atoms with E-state index in [1.165, 1.54) is 6.20 Å². The van der Waals surface area contributed by atoms with Crippen molar-refractivity contribution in [2.75, 3.05) is 5.32 Å². The third-order valence-electron chi connectivity index (χ3n) is 4.54. The maximum atomic E-state index is 12.3. The fourth-order valence-corrected chi connectivity index (χ4v) is 2.81. The van der Waals surface area contributed by atoms with Gasteiger partial charge >= 0.3 is 0 Å². The zero-order valence-electron chi connectivity index (χ0n) is 17.8. The average molecular weight is 422 g/mol. The number of nitrogens with one attached hydrogen (secondary N) is 1. The van der Waals surface area contributed by atoms with Gasteiger partial charge < -0.3 is 20.3 Å². The number of nitrogens with zero attached hydrogens (tertiary/aromatic N) is 2. The molecular formula is C23H26N4O4. The summed E-state index contributed by atoms with van der Waals surface area (Å²) in [4.78, 5) is 27.4. The first-order valence-electron chi connectivity index (χ1n) is 9.94. The quantitative estimate of drug-likeness (QED) is 0.572. The van der Waals surface area contributed by atoms with Crippen LogP contribution in [0.3, 0.4) is 0 Å². The zero-order chi connectivity index (χ0) is 22.4. The molecule has 2 aromatic heterocycles. The molecule has 8 nitrogen and oxygen atoms in total. The number of nitrogens with two attached hydrogens (primary N) is 1. The Morgan fingerprint density at radius 1 is 1.13 bits per heavy atom. The van der Waals surface area contributed by atoms with E-state index in [1.807, 2.05) is 45.0 Å². The smallest absolute Gasteiger partial charge is 0.267 e. The lowest BCUT2D eigenvalue weighted by atomic mass is 9.93. The second kappa shape index (κ2) is 9.42. The second-order valence-electron chi connectivity index (χ2n) is 8.22. The van der Waals surface area contributed by atoms with Crippen LogP contribution in [0.4, 0.5) is 5.82 Å². The number of carbonyl (C=O) groups is 2. The lowest BCUT2D eigenvalue weighted by Gasteiger charge is -2.12. The van der Waals surface area contributed by atoms with Gasteiger partial charge in [-0.25, -0.2) is 0 Å². The van der Waals surface area contributed by atoms with E-state index in [0.717, 1.165) is 11.1 Å². The van der Waals surface area contributed by atoms with Gasteiger partial charge in [-0.3, -0.25) is 14.6 Å². The van der Waals surface area contributed by atoms with E-state index >= 15 is 0 Å². The molecule has 0 bridgehead atoms. The number of aromatic nitrogens is 2. The van der Waals surface area contributed by atoms with Gasteiger partial charge in [0.05, 0.1) is 0 Å². The fourth-order valence-electron chi connectivity index (χ4n) is 2.81. The highest BCUT2D eigenvalue weighted by Crippen LogP contribution is 2.24. The van der Waals surface area contributed by atoms with E-state index < -0.39 is 5.91 Å². The molecule has 3 N–H and O–H groups in total. The molecule has 0 atom stereocenters. The number of pyridine rings is 1. The number of primary amides is 1. The molecule has 0 aliphatic rings. The zero-order valence-corrected chi connectivity index (χ0v) is 17.8. The standard InChI is InChI=1S/C23H26N4O4/c1-23(2,3)19-13-20(27-31-19)26-21(28)8-7-15-5-4-6-17(11-15)30-14-16-9-10-25-18(12-16)22(24)29/h4-6,9-13H,7-8,14H2,1-3H3,(H2,24,29)(H,26,27,28). The number of rotatable bonds is 8. The molecule has 3 rings (SSSR count). The third kappa shape index (κ3) is 6.40. The van der Waals surface area contributed by atoms with Gasteiger partial charge in [-0.2, -0.15) is 0 Å². The molecule has 0 spiro atoms. The lowest BCUT2D eigenvalue weighted by molar-refractivity contribution is -0.116. The number of anilines is 1. The van der Waals surface area contributed by atoms with Crippen LogP contribution >= 0.6 is 0 Å². The molecule has 0 saturated heterocycles. The Balaban J connectivity index is 1.52. The molecular weight excluding hydrogens is 396 g/mol. The maximum absolute atomic E-state index is 12.3. The normalized spacial score (nSPS) is 11.2. The minimum atomic E-state index is -0.581. The van der Waals surface area contributed by atoms with Crippen molar-refractivity contribution in [3.63, 3.8) is 0 Å². The van der Waals surface area contributed by atoms with Crippen molar-refractivity contribution in [3.8, 4) is 5.75 Å². The lowest BCUT2D eigenvalue weighted by Crippen LogP contribution is -2.13. The summed E-state index contributed by atoms with van der Waals surface area (Å²) in [5.41, 5.74) is 7.03. The minimum Gasteiger partial charge on any atom is -0.489 e. The predicted octanol–water partition coefficient (Wildman–Crippen LogP) is 3.62. The van der Waals surface area contributed by atoms with Crippen LogP contribution in [0, 0.1) is 0 Å². The highest BCUT2D eigenvalue weighted by molar-refractivity contribution is 5.91. The molecule has 0 aliphatic carbocycles. The number of carbonyl (C=O) groups excluding carboxylic acids is 2. The van der Waals surface area contributed by atoms with Gasteiger partial charge in [-0.15, -0.1) is 0 Å². The number of hydrogen-bond donors (Lipinski definition) is 2. The molecule has 3 aromatic rings. The molecule has 0 saturated carbocycles. The summed E-state index contributed by atoms with van der Waals surface area (Å²) < 4.78 is 11.1. The topological polar surface area (TPSA) is 120 Å². The number of benzene rings is 1. The van der Waals surface area contributed by atoms with E-state index in [4.69, 9.17) is 15.0 Å². The molecule has 0 fully saturated rings. The highest BCUT2D eigenvalue weighted by Gasteiger charge is 2.20. The van der Waals surface area contributed by atoms with Gasteiger partial charge in [0, 0.05) is 24.1 Å². The first kappa shape index (κ1) is 22.0. The van der Waals surface area contributed by atoms with Crippen molar-refractivity contribution in [2.24, 2.45) is 5.73 Å². The molecule has 1 aromatic carbocycles. The largest absolute Gasteiger partial charge is 0.489 e. The molecule has 2 amide bonds. The predicted molar refractivity (Wildman–Crippen MR) is 116 cm³/mol. The summed E-state index contributed by atoms with van der Waals surface area (Å²) in [5, 5.41) is 6.66. The maximum Gasteiger partial charge on any atom is 0.267 e. The second-order valence-corrected chi connectivity index (χ2v) is 8.22. The molecule has 0 radical (unpaired) electrons. The number of hydrogen-bond acceptors (Lipinski definition) is 6. The Morgan fingerprint density at radius 2 is 1.94 bits per heavy atom. The summed E-state index contributed by atoms with van der Waals surface area (Å²) in [6, 6.07) is 12.6. The summed E-state index contributed by atoms with van der Waals surface area (Å²) >= 11 is 0. The van der Waals surface area contributed by atoms with Gasteiger partial charge in [0.25, 0.3) is 5.91 Å². The van der Waals surface area contributed by atoms with Crippen LogP contribution in [0.5, 0.6) is 5.75 Å². The van der Waals surface area contributed by atoms with Gasteiger partial charge in [0.1, 0.15) is 23.8 Å². The Morgan fingerprint density at radius 3 is 2.65 bits per heavy atom. The monoisotopic (exact) mass is 422 g/mol. The number of ether oxygens (including phenoxy) is 1. The molecule has 31 heavy (non-hydrogen) atoms. The van der Waals surface area contributed by atoms with Crippen molar-refractivity contribution in [3.05, 3.63) is 71.2 Å². The van der Waals surface area contributed by atoms with E-state index in [9.17, 15) is 9.59 Å². The number of amides is 2. The van der Waals surface area contributed by atoms with Crippen molar-refractivity contribution < 1.29 is 18.8 Å². The van der Waals surface area contributed by atoms with Crippen molar-refractivity contribution in [2.45, 2.75) is 45.6 Å². The van der Waals surface area contributed by atoms with Crippen LogP contribution in [0.1, 0.15) is 54.6 Å². The summed E-state index contributed by atoms with van der Waals surface area (Å²) in [7, 11) is 0. The van der Waals surface area contributed by atoms with Gasteiger partial charge in [-0.05, 0) is 41.8 Å². The molecule has 162 valence electrons. The SMILES string of the molecule is CC(C)(C)c1cc(NC(=O)CCc2cccc(OCc3ccnc(C(N)=O)c3)c2)no1. The van der Waals surface area contributed by atoms with Crippen LogP contribution in [-0.4, -0.2) is 22.0 Å². The minimum absolute atomic E-state index is 0.143. The van der Waals surface area contributed by atoms with Crippen LogP contribution in [0.2, 0.25) is 0 Å². The van der Waals surface area contributed by atoms with Crippen molar-refractivity contribution in [1.82, 2.24) is 10.1 Å². The van der Waals surface area contributed by atoms with Gasteiger partial charge in [0.15, 0.2) is 5.82 Å². The van der Waals surface area contributed by atoms with E-state index in [2.05, 4.69) is 15.5 Å². The molecule has 8 heteroatoms.